The third-order valence-electron chi connectivity index (χ3n) is 5.63. The Kier molecular flexibility index (Phi) is 6.58. The highest BCUT2D eigenvalue weighted by molar-refractivity contribution is 8.00. The first-order valence-corrected chi connectivity index (χ1v) is 12.1. The summed E-state index contributed by atoms with van der Waals surface area (Å²) in [5, 5.41) is 11.8. The van der Waals surface area contributed by atoms with E-state index < -0.39 is 5.25 Å². The number of aromatic nitrogens is 3. The normalized spacial score (nSPS) is 16.6. The van der Waals surface area contributed by atoms with Gasteiger partial charge >= 0.3 is 0 Å². The van der Waals surface area contributed by atoms with Crippen molar-refractivity contribution in [1.29, 1.82) is 0 Å². The van der Waals surface area contributed by atoms with Crippen molar-refractivity contribution in [3.05, 3.63) is 95.8 Å². The summed E-state index contributed by atoms with van der Waals surface area (Å²) < 4.78 is 13.0. The quantitative estimate of drug-likeness (QED) is 0.395. The van der Waals surface area contributed by atoms with E-state index in [2.05, 4.69) is 20.9 Å². The van der Waals surface area contributed by atoms with Crippen molar-refractivity contribution in [2.75, 3.05) is 17.9 Å². The predicted octanol–water partition coefficient (Wildman–Crippen LogP) is 4.57. The molecule has 1 aliphatic rings. The zero-order valence-electron chi connectivity index (χ0n) is 19.3. The van der Waals surface area contributed by atoms with Gasteiger partial charge in [0.1, 0.15) is 23.4 Å². The van der Waals surface area contributed by atoms with Gasteiger partial charge in [-0.2, -0.15) is 0 Å². The fourth-order valence-electron chi connectivity index (χ4n) is 3.85. The zero-order valence-corrected chi connectivity index (χ0v) is 20.2. The fourth-order valence-corrected chi connectivity index (χ4v) is 4.95. The summed E-state index contributed by atoms with van der Waals surface area (Å²) in [6.45, 7) is 2.23. The van der Waals surface area contributed by atoms with Gasteiger partial charge in [0.05, 0.1) is 13.2 Å². The van der Waals surface area contributed by atoms with Crippen molar-refractivity contribution in [1.82, 2.24) is 14.9 Å². The first kappa shape index (κ1) is 22.8. The van der Waals surface area contributed by atoms with E-state index >= 15 is 0 Å². The van der Waals surface area contributed by atoms with Crippen LogP contribution in [0.4, 0.5) is 5.69 Å². The standard InChI is InChI=1S/C26H25N5O3S/c1-17-7-6-8-19(15-17)27-25(32)24-23(18-11-13-20(33-2)14-12-18)30-31-22(28-29-26(31)35-24)16-34-21-9-4-3-5-10-21/h3-15,23-24,30H,16H2,1-2H3,(H,27,32). The van der Waals surface area contributed by atoms with E-state index in [1.54, 1.807) is 11.8 Å². The lowest BCUT2D eigenvalue weighted by atomic mass is 10.0. The van der Waals surface area contributed by atoms with Gasteiger partial charge in [0, 0.05) is 5.69 Å². The molecule has 3 aromatic carbocycles. The largest absolute Gasteiger partial charge is 0.497 e. The second-order valence-corrected chi connectivity index (χ2v) is 9.22. The van der Waals surface area contributed by atoms with E-state index in [4.69, 9.17) is 9.47 Å². The molecule has 0 saturated heterocycles. The summed E-state index contributed by atoms with van der Waals surface area (Å²) in [7, 11) is 1.63. The van der Waals surface area contributed by atoms with Gasteiger partial charge in [-0.05, 0) is 54.4 Å². The fraction of sp³-hybridized carbons (Fsp3) is 0.192. The number of fused-ring (bicyclic) bond motifs is 1. The number of amides is 1. The SMILES string of the molecule is COc1ccc(C2Nn3c(COc4ccccc4)nnc3SC2C(=O)Nc2cccc(C)c2)cc1. The summed E-state index contributed by atoms with van der Waals surface area (Å²) >= 11 is 1.37. The molecule has 9 heteroatoms. The molecular weight excluding hydrogens is 462 g/mol. The summed E-state index contributed by atoms with van der Waals surface area (Å²) in [5.74, 6) is 1.99. The maximum Gasteiger partial charge on any atom is 0.240 e. The Labute approximate surface area is 207 Å². The van der Waals surface area contributed by atoms with Crippen LogP contribution in [0.1, 0.15) is 23.0 Å². The maximum atomic E-state index is 13.4. The van der Waals surface area contributed by atoms with Gasteiger partial charge in [-0.1, -0.05) is 54.2 Å². The number of anilines is 1. The summed E-state index contributed by atoms with van der Waals surface area (Å²) in [4.78, 5) is 13.4. The molecule has 2 N–H and O–H groups in total. The van der Waals surface area contributed by atoms with Crippen LogP contribution in [0.2, 0.25) is 0 Å². The molecule has 0 spiro atoms. The van der Waals surface area contributed by atoms with Crippen LogP contribution in [-0.2, 0) is 11.4 Å². The Morgan fingerprint density at radius 3 is 2.57 bits per heavy atom. The number of para-hydroxylation sites is 1. The minimum absolute atomic E-state index is 0.120. The molecule has 0 radical (unpaired) electrons. The molecule has 178 valence electrons. The predicted molar refractivity (Wildman–Crippen MR) is 135 cm³/mol. The molecule has 35 heavy (non-hydrogen) atoms. The van der Waals surface area contributed by atoms with Crippen LogP contribution in [-0.4, -0.2) is 33.1 Å². The topological polar surface area (TPSA) is 90.3 Å². The van der Waals surface area contributed by atoms with Gasteiger partial charge in [0.25, 0.3) is 0 Å². The Bertz CT molecular complexity index is 1310. The van der Waals surface area contributed by atoms with Gasteiger partial charge in [0.2, 0.25) is 11.1 Å². The Morgan fingerprint density at radius 2 is 1.83 bits per heavy atom. The van der Waals surface area contributed by atoms with Crippen molar-refractivity contribution < 1.29 is 14.3 Å². The number of hydrogen-bond donors (Lipinski definition) is 2. The molecule has 1 aromatic heterocycles. The minimum atomic E-state index is -0.483. The average molecular weight is 488 g/mol. The Hall–Kier alpha value is -3.98. The average Bonchev–Trinajstić information content (AvgIpc) is 3.29. The molecule has 2 unspecified atom stereocenters. The molecule has 0 saturated carbocycles. The van der Waals surface area contributed by atoms with E-state index in [1.165, 1.54) is 11.8 Å². The van der Waals surface area contributed by atoms with Crippen LogP contribution in [0.3, 0.4) is 0 Å². The van der Waals surface area contributed by atoms with Crippen LogP contribution >= 0.6 is 11.8 Å². The summed E-state index contributed by atoms with van der Waals surface area (Å²) in [6, 6.07) is 24.7. The van der Waals surface area contributed by atoms with E-state index in [1.807, 2.05) is 85.8 Å². The smallest absolute Gasteiger partial charge is 0.240 e. The number of aryl methyl sites for hydroxylation is 1. The van der Waals surface area contributed by atoms with Crippen molar-refractivity contribution in [2.24, 2.45) is 0 Å². The number of carbonyl (C=O) groups is 1. The number of thioether (sulfide) groups is 1. The summed E-state index contributed by atoms with van der Waals surface area (Å²) in [6.07, 6.45) is 0. The molecule has 8 nitrogen and oxygen atoms in total. The third kappa shape index (κ3) is 5.09. The van der Waals surface area contributed by atoms with E-state index in [0.717, 1.165) is 28.3 Å². The van der Waals surface area contributed by atoms with Crippen LogP contribution in [0.5, 0.6) is 11.5 Å². The highest BCUT2D eigenvalue weighted by Crippen LogP contribution is 2.38. The summed E-state index contributed by atoms with van der Waals surface area (Å²) in [5.41, 5.74) is 6.23. The number of nitrogens with zero attached hydrogens (tertiary/aromatic N) is 3. The lowest BCUT2D eigenvalue weighted by Crippen LogP contribution is -2.41. The van der Waals surface area contributed by atoms with Gasteiger partial charge < -0.3 is 20.2 Å². The molecule has 2 heterocycles. The van der Waals surface area contributed by atoms with Crippen molar-refractivity contribution in [2.45, 2.75) is 30.0 Å². The zero-order chi connectivity index (χ0) is 24.2. The lowest BCUT2D eigenvalue weighted by molar-refractivity contribution is -0.116. The highest BCUT2D eigenvalue weighted by Gasteiger charge is 2.38. The molecular formula is C26H25N5O3S. The maximum absolute atomic E-state index is 13.4. The molecule has 1 aliphatic heterocycles. The Balaban J connectivity index is 1.42. The molecule has 4 aromatic rings. The van der Waals surface area contributed by atoms with Crippen LogP contribution < -0.4 is 20.2 Å². The number of hydrogen-bond acceptors (Lipinski definition) is 7. The van der Waals surface area contributed by atoms with E-state index in [9.17, 15) is 4.79 Å². The number of ether oxygens (including phenoxy) is 2. The van der Waals surface area contributed by atoms with Crippen LogP contribution in [0.25, 0.3) is 0 Å². The minimum Gasteiger partial charge on any atom is -0.497 e. The van der Waals surface area contributed by atoms with E-state index in [-0.39, 0.29) is 18.6 Å². The molecule has 0 bridgehead atoms. The number of nitrogens with one attached hydrogen (secondary N) is 2. The monoisotopic (exact) mass is 487 g/mol. The number of rotatable bonds is 7. The van der Waals surface area contributed by atoms with Crippen molar-refractivity contribution in [3.8, 4) is 11.5 Å². The third-order valence-corrected chi connectivity index (χ3v) is 6.85. The molecule has 2 atom stereocenters. The highest BCUT2D eigenvalue weighted by atomic mass is 32.2. The van der Waals surface area contributed by atoms with Crippen molar-refractivity contribution in [3.63, 3.8) is 0 Å². The molecule has 5 rings (SSSR count). The number of carbonyl (C=O) groups excluding carboxylic acids is 1. The second kappa shape index (κ2) is 10.1. The second-order valence-electron chi connectivity index (χ2n) is 8.11. The van der Waals surface area contributed by atoms with E-state index in [0.29, 0.717) is 11.0 Å². The van der Waals surface area contributed by atoms with Gasteiger partial charge in [-0.3, -0.25) is 4.79 Å². The first-order chi connectivity index (χ1) is 17.1. The molecule has 0 aliphatic carbocycles. The number of methoxy groups -OCH3 is 1. The Morgan fingerprint density at radius 1 is 1.03 bits per heavy atom. The first-order valence-electron chi connectivity index (χ1n) is 11.2. The van der Waals surface area contributed by atoms with Crippen molar-refractivity contribution >= 4 is 23.4 Å². The molecule has 0 fully saturated rings. The van der Waals surface area contributed by atoms with Gasteiger partial charge in [-0.15, -0.1) is 10.2 Å². The van der Waals surface area contributed by atoms with Gasteiger partial charge in [0.15, 0.2) is 5.82 Å². The van der Waals surface area contributed by atoms with Gasteiger partial charge in [-0.25, -0.2) is 4.68 Å². The molecule has 1 amide bonds. The lowest BCUT2D eigenvalue weighted by Gasteiger charge is -2.33. The van der Waals surface area contributed by atoms with Crippen LogP contribution in [0.15, 0.2) is 84.0 Å². The van der Waals surface area contributed by atoms with Crippen LogP contribution in [0, 0.1) is 6.92 Å². The number of benzene rings is 3.